The average molecular weight is 256 g/mol. The minimum Gasteiger partial charge on any atom is -0.370 e. The molecule has 1 aliphatic rings. The van der Waals surface area contributed by atoms with E-state index in [9.17, 15) is 8.42 Å². The van der Waals surface area contributed by atoms with Gasteiger partial charge in [0.1, 0.15) is 18.0 Å². The molecule has 0 aliphatic carbocycles. The first kappa shape index (κ1) is 12.1. The molecule has 1 aromatic rings. The molecule has 94 valence electrons. The van der Waals surface area contributed by atoms with Crippen molar-refractivity contribution in [2.45, 2.75) is 19.4 Å². The average Bonchev–Trinajstić information content (AvgIpc) is 2.59. The third-order valence-electron chi connectivity index (χ3n) is 2.61. The molecule has 17 heavy (non-hydrogen) atoms. The lowest BCUT2D eigenvalue weighted by molar-refractivity contribution is 0.602. The second-order valence-corrected chi connectivity index (χ2v) is 6.29. The third kappa shape index (κ3) is 3.29. The summed E-state index contributed by atoms with van der Waals surface area (Å²) in [6.07, 6.45) is 2.10. The highest BCUT2D eigenvalue weighted by Crippen LogP contribution is 2.17. The summed E-state index contributed by atoms with van der Waals surface area (Å²) in [6, 6.07) is 1.75. The van der Waals surface area contributed by atoms with Crippen molar-refractivity contribution in [2.75, 3.05) is 28.7 Å². The molecule has 0 saturated carbocycles. The summed E-state index contributed by atoms with van der Waals surface area (Å²) >= 11 is 0. The number of aromatic nitrogens is 2. The van der Waals surface area contributed by atoms with Gasteiger partial charge in [-0.2, -0.15) is 0 Å². The van der Waals surface area contributed by atoms with Crippen LogP contribution in [-0.4, -0.2) is 42.5 Å². The van der Waals surface area contributed by atoms with E-state index in [1.807, 2.05) is 6.92 Å². The first-order valence-corrected chi connectivity index (χ1v) is 7.44. The molecule has 1 aliphatic heterocycles. The van der Waals surface area contributed by atoms with Crippen molar-refractivity contribution in [1.82, 2.24) is 9.97 Å². The summed E-state index contributed by atoms with van der Waals surface area (Å²) in [5.41, 5.74) is 0. The van der Waals surface area contributed by atoms with Gasteiger partial charge in [-0.1, -0.05) is 0 Å². The Labute approximate surface area is 101 Å². The van der Waals surface area contributed by atoms with Crippen LogP contribution in [0.15, 0.2) is 12.4 Å². The van der Waals surface area contributed by atoms with Gasteiger partial charge in [0.2, 0.25) is 0 Å². The highest BCUT2D eigenvalue weighted by molar-refractivity contribution is 7.91. The van der Waals surface area contributed by atoms with Crippen molar-refractivity contribution in [2.24, 2.45) is 0 Å². The highest BCUT2D eigenvalue weighted by atomic mass is 32.2. The predicted molar refractivity (Wildman–Crippen MR) is 66.9 cm³/mol. The second kappa shape index (κ2) is 4.87. The van der Waals surface area contributed by atoms with E-state index in [0.29, 0.717) is 12.2 Å². The van der Waals surface area contributed by atoms with Gasteiger partial charge < -0.3 is 10.6 Å². The van der Waals surface area contributed by atoms with Crippen molar-refractivity contribution in [3.05, 3.63) is 12.4 Å². The van der Waals surface area contributed by atoms with Crippen LogP contribution in [0.5, 0.6) is 0 Å². The van der Waals surface area contributed by atoms with E-state index in [0.717, 1.165) is 12.4 Å². The molecule has 1 fully saturated rings. The molecule has 1 atom stereocenters. The molecule has 2 rings (SSSR count). The van der Waals surface area contributed by atoms with Gasteiger partial charge in [-0.05, 0) is 13.3 Å². The molecule has 0 amide bonds. The van der Waals surface area contributed by atoms with E-state index in [1.54, 1.807) is 6.07 Å². The van der Waals surface area contributed by atoms with Gasteiger partial charge in [-0.15, -0.1) is 0 Å². The zero-order valence-electron chi connectivity index (χ0n) is 9.68. The van der Waals surface area contributed by atoms with Crippen molar-refractivity contribution in [1.29, 1.82) is 0 Å². The Morgan fingerprint density at radius 2 is 2.18 bits per heavy atom. The number of hydrogen-bond acceptors (Lipinski definition) is 6. The smallest absolute Gasteiger partial charge is 0.152 e. The zero-order valence-corrected chi connectivity index (χ0v) is 10.5. The Hall–Kier alpha value is -1.37. The fraction of sp³-hybridized carbons (Fsp3) is 0.600. The molecule has 0 bridgehead atoms. The van der Waals surface area contributed by atoms with Gasteiger partial charge in [0, 0.05) is 18.7 Å². The Morgan fingerprint density at radius 3 is 2.82 bits per heavy atom. The summed E-state index contributed by atoms with van der Waals surface area (Å²) in [5.74, 6) is 1.85. The van der Waals surface area contributed by atoms with Crippen LogP contribution in [0, 0.1) is 0 Å². The van der Waals surface area contributed by atoms with Crippen LogP contribution in [0.25, 0.3) is 0 Å². The van der Waals surface area contributed by atoms with Crippen LogP contribution >= 0.6 is 0 Å². The monoisotopic (exact) mass is 256 g/mol. The maximum Gasteiger partial charge on any atom is 0.152 e. The molecule has 1 aromatic heterocycles. The lowest BCUT2D eigenvalue weighted by atomic mass is 10.2. The van der Waals surface area contributed by atoms with E-state index >= 15 is 0 Å². The van der Waals surface area contributed by atoms with E-state index < -0.39 is 9.84 Å². The molecule has 1 saturated heterocycles. The first-order valence-electron chi connectivity index (χ1n) is 5.62. The molecule has 1 unspecified atom stereocenters. The highest BCUT2D eigenvalue weighted by Gasteiger charge is 2.27. The van der Waals surface area contributed by atoms with Gasteiger partial charge in [-0.25, -0.2) is 18.4 Å². The fourth-order valence-electron chi connectivity index (χ4n) is 1.83. The van der Waals surface area contributed by atoms with Crippen molar-refractivity contribution < 1.29 is 8.42 Å². The maximum absolute atomic E-state index is 11.3. The SMILES string of the molecule is CCNc1cc(NC2CCS(=O)(=O)C2)ncn1. The van der Waals surface area contributed by atoms with Gasteiger partial charge in [0.15, 0.2) is 9.84 Å². The minimum absolute atomic E-state index is 0.0376. The summed E-state index contributed by atoms with van der Waals surface area (Å²) in [6.45, 7) is 2.77. The molecular weight excluding hydrogens is 240 g/mol. The lowest BCUT2D eigenvalue weighted by Crippen LogP contribution is -2.21. The Bertz CT molecular complexity index is 489. The Balaban J connectivity index is 2.01. The quantitative estimate of drug-likeness (QED) is 0.816. The third-order valence-corrected chi connectivity index (χ3v) is 4.38. The summed E-state index contributed by atoms with van der Waals surface area (Å²) in [5, 5.41) is 6.20. The van der Waals surface area contributed by atoms with Crippen LogP contribution < -0.4 is 10.6 Å². The molecule has 2 heterocycles. The summed E-state index contributed by atoms with van der Waals surface area (Å²) < 4.78 is 22.6. The van der Waals surface area contributed by atoms with E-state index in [1.165, 1.54) is 6.33 Å². The topological polar surface area (TPSA) is 84.0 Å². The van der Waals surface area contributed by atoms with Crippen molar-refractivity contribution in [3.8, 4) is 0 Å². The normalized spacial score (nSPS) is 22.3. The lowest BCUT2D eigenvalue weighted by Gasteiger charge is -2.12. The fourth-order valence-corrected chi connectivity index (χ4v) is 3.51. The van der Waals surface area contributed by atoms with Crippen LogP contribution in [-0.2, 0) is 9.84 Å². The predicted octanol–water partition coefficient (Wildman–Crippen LogP) is 0.507. The summed E-state index contributed by atoms with van der Waals surface area (Å²) in [7, 11) is -2.86. The molecule has 0 spiro atoms. The van der Waals surface area contributed by atoms with E-state index in [-0.39, 0.29) is 17.5 Å². The molecule has 0 radical (unpaired) electrons. The second-order valence-electron chi connectivity index (χ2n) is 4.06. The molecule has 2 N–H and O–H groups in total. The molecule has 7 heteroatoms. The van der Waals surface area contributed by atoms with Crippen LogP contribution in [0.3, 0.4) is 0 Å². The van der Waals surface area contributed by atoms with Gasteiger partial charge >= 0.3 is 0 Å². The number of hydrogen-bond donors (Lipinski definition) is 2. The van der Waals surface area contributed by atoms with Crippen molar-refractivity contribution >= 4 is 21.5 Å². The number of nitrogens with one attached hydrogen (secondary N) is 2. The van der Waals surface area contributed by atoms with Crippen molar-refractivity contribution in [3.63, 3.8) is 0 Å². The van der Waals surface area contributed by atoms with Crippen LogP contribution in [0.1, 0.15) is 13.3 Å². The Kier molecular flexibility index (Phi) is 3.46. The minimum atomic E-state index is -2.86. The molecular formula is C10H16N4O2S. The van der Waals surface area contributed by atoms with E-state index in [4.69, 9.17) is 0 Å². The largest absolute Gasteiger partial charge is 0.370 e. The Morgan fingerprint density at radius 1 is 1.41 bits per heavy atom. The number of sulfone groups is 1. The molecule has 6 nitrogen and oxygen atoms in total. The molecule has 0 aromatic carbocycles. The number of nitrogens with zero attached hydrogens (tertiary/aromatic N) is 2. The first-order chi connectivity index (χ1) is 8.09. The van der Waals surface area contributed by atoms with E-state index in [2.05, 4.69) is 20.6 Å². The maximum atomic E-state index is 11.3. The number of anilines is 2. The van der Waals surface area contributed by atoms with Crippen LogP contribution in [0.2, 0.25) is 0 Å². The van der Waals surface area contributed by atoms with Gasteiger partial charge in [-0.3, -0.25) is 0 Å². The van der Waals surface area contributed by atoms with Gasteiger partial charge in [0.25, 0.3) is 0 Å². The number of rotatable bonds is 4. The van der Waals surface area contributed by atoms with Crippen LogP contribution in [0.4, 0.5) is 11.6 Å². The summed E-state index contributed by atoms with van der Waals surface area (Å²) in [4.78, 5) is 8.13. The van der Waals surface area contributed by atoms with Gasteiger partial charge in [0.05, 0.1) is 11.5 Å². The zero-order chi connectivity index (χ0) is 12.3. The standard InChI is InChI=1S/C10H16N4O2S/c1-2-11-9-5-10(13-7-12-9)14-8-3-4-17(15,16)6-8/h5,7-8H,2-4,6H2,1H3,(H2,11,12,13,14).